The van der Waals surface area contributed by atoms with Crippen molar-refractivity contribution in [2.75, 3.05) is 5.32 Å². The van der Waals surface area contributed by atoms with E-state index in [0.29, 0.717) is 6.04 Å². The van der Waals surface area contributed by atoms with E-state index in [1.54, 1.807) is 12.1 Å². The molecule has 1 fully saturated rings. The topological polar surface area (TPSA) is 72.2 Å². The van der Waals surface area contributed by atoms with Gasteiger partial charge < -0.3 is 5.32 Å². The zero-order valence-electron chi connectivity index (χ0n) is 12.7. The second-order valence-electron chi connectivity index (χ2n) is 6.54. The number of benzene rings is 1. The molecular formula is C15H24N2O2S. The second kappa shape index (κ2) is 5.04. The van der Waals surface area contributed by atoms with E-state index in [4.69, 9.17) is 5.14 Å². The van der Waals surface area contributed by atoms with E-state index < -0.39 is 10.0 Å². The number of aryl methyl sites for hydroxylation is 1. The van der Waals surface area contributed by atoms with Crippen LogP contribution in [0.3, 0.4) is 0 Å². The minimum atomic E-state index is -3.67. The first-order valence-electron chi connectivity index (χ1n) is 7.02. The van der Waals surface area contributed by atoms with Crippen molar-refractivity contribution in [2.45, 2.75) is 57.9 Å². The van der Waals surface area contributed by atoms with Gasteiger partial charge in [-0.2, -0.15) is 0 Å². The van der Waals surface area contributed by atoms with Crippen LogP contribution in [0, 0.1) is 19.3 Å². The van der Waals surface area contributed by atoms with Gasteiger partial charge >= 0.3 is 0 Å². The van der Waals surface area contributed by atoms with Crippen molar-refractivity contribution >= 4 is 15.7 Å². The van der Waals surface area contributed by atoms with Gasteiger partial charge in [0.05, 0.1) is 4.90 Å². The molecule has 2 rings (SSSR count). The van der Waals surface area contributed by atoms with Crippen LogP contribution < -0.4 is 10.5 Å². The lowest BCUT2D eigenvalue weighted by molar-refractivity contribution is 0.350. The van der Waals surface area contributed by atoms with Crippen LogP contribution in [0.1, 0.15) is 44.2 Å². The number of sulfonamides is 1. The van der Waals surface area contributed by atoms with E-state index in [9.17, 15) is 8.42 Å². The second-order valence-corrected chi connectivity index (χ2v) is 8.10. The molecule has 1 unspecified atom stereocenters. The number of nitrogens with two attached hydrogens (primary N) is 1. The Balaban J connectivity index is 2.39. The van der Waals surface area contributed by atoms with Crippen LogP contribution in [0.5, 0.6) is 0 Å². The fourth-order valence-electron chi connectivity index (χ4n) is 2.92. The summed E-state index contributed by atoms with van der Waals surface area (Å²) >= 11 is 0. The maximum atomic E-state index is 11.6. The van der Waals surface area contributed by atoms with Crippen LogP contribution in [0.25, 0.3) is 0 Å². The molecular weight excluding hydrogens is 272 g/mol. The van der Waals surface area contributed by atoms with E-state index in [-0.39, 0.29) is 10.3 Å². The molecule has 1 aromatic carbocycles. The molecule has 0 saturated heterocycles. The molecule has 0 amide bonds. The zero-order chi connectivity index (χ0) is 15.1. The lowest BCUT2D eigenvalue weighted by Crippen LogP contribution is -2.31. The van der Waals surface area contributed by atoms with Gasteiger partial charge in [-0.3, -0.25) is 0 Å². The average molecular weight is 296 g/mol. The molecule has 1 atom stereocenters. The Hall–Kier alpha value is -1.07. The molecule has 0 bridgehead atoms. The van der Waals surface area contributed by atoms with Gasteiger partial charge in [0.2, 0.25) is 10.0 Å². The number of primary sulfonamides is 1. The molecule has 0 aromatic heterocycles. The van der Waals surface area contributed by atoms with Crippen LogP contribution in [-0.2, 0) is 10.0 Å². The van der Waals surface area contributed by atoms with Crippen molar-refractivity contribution in [1.29, 1.82) is 0 Å². The summed E-state index contributed by atoms with van der Waals surface area (Å²) in [6.07, 6.45) is 3.51. The van der Waals surface area contributed by atoms with Crippen LogP contribution >= 0.6 is 0 Å². The molecule has 0 aliphatic heterocycles. The molecule has 0 heterocycles. The monoisotopic (exact) mass is 296 g/mol. The van der Waals surface area contributed by atoms with Crippen LogP contribution in [0.2, 0.25) is 0 Å². The summed E-state index contributed by atoms with van der Waals surface area (Å²) in [7, 11) is -3.67. The highest BCUT2D eigenvalue weighted by atomic mass is 32.2. The molecule has 1 aliphatic carbocycles. The largest absolute Gasteiger partial charge is 0.382 e. The van der Waals surface area contributed by atoms with Gasteiger partial charge in [-0.15, -0.1) is 0 Å². The molecule has 4 nitrogen and oxygen atoms in total. The SMILES string of the molecule is Cc1cc(S(N)(=O)=O)cc(NC2CCCC2(C)C)c1C. The van der Waals surface area contributed by atoms with Gasteiger partial charge in [-0.05, 0) is 55.4 Å². The molecule has 1 saturated carbocycles. The Morgan fingerprint density at radius 2 is 1.95 bits per heavy atom. The lowest BCUT2D eigenvalue weighted by atomic mass is 9.87. The Morgan fingerprint density at radius 3 is 2.45 bits per heavy atom. The van der Waals surface area contributed by atoms with Crippen LogP contribution in [-0.4, -0.2) is 14.5 Å². The standard InChI is InChI=1S/C15H24N2O2S/c1-10-8-12(20(16,18)19)9-13(11(10)2)17-14-6-5-7-15(14,3)4/h8-9,14,17H,5-7H2,1-4H3,(H2,16,18,19). The third kappa shape index (κ3) is 2.99. The van der Waals surface area contributed by atoms with Crippen LogP contribution in [0.4, 0.5) is 5.69 Å². The summed E-state index contributed by atoms with van der Waals surface area (Å²) in [5.74, 6) is 0. The first-order valence-corrected chi connectivity index (χ1v) is 8.56. The summed E-state index contributed by atoms with van der Waals surface area (Å²) in [5.41, 5.74) is 3.14. The van der Waals surface area contributed by atoms with Gasteiger partial charge in [0, 0.05) is 11.7 Å². The Labute approximate surface area is 121 Å². The quantitative estimate of drug-likeness (QED) is 0.900. The molecule has 1 aromatic rings. The zero-order valence-corrected chi connectivity index (χ0v) is 13.5. The van der Waals surface area contributed by atoms with Gasteiger partial charge in [0.15, 0.2) is 0 Å². The molecule has 1 aliphatic rings. The lowest BCUT2D eigenvalue weighted by Gasteiger charge is -2.29. The van der Waals surface area contributed by atoms with E-state index in [1.807, 2.05) is 13.8 Å². The first kappa shape index (κ1) is 15.3. The van der Waals surface area contributed by atoms with Crippen molar-refractivity contribution < 1.29 is 8.42 Å². The molecule has 20 heavy (non-hydrogen) atoms. The summed E-state index contributed by atoms with van der Waals surface area (Å²) in [5, 5.41) is 8.78. The minimum Gasteiger partial charge on any atom is -0.382 e. The van der Waals surface area contributed by atoms with Gasteiger partial charge in [0.1, 0.15) is 0 Å². The average Bonchev–Trinajstić information content (AvgIpc) is 2.63. The number of hydrogen-bond acceptors (Lipinski definition) is 3. The van der Waals surface area contributed by atoms with Crippen molar-refractivity contribution in [2.24, 2.45) is 10.6 Å². The molecule has 3 N–H and O–H groups in total. The number of hydrogen-bond donors (Lipinski definition) is 2. The van der Waals surface area contributed by atoms with Crippen molar-refractivity contribution in [1.82, 2.24) is 0 Å². The predicted molar refractivity (Wildman–Crippen MR) is 82.3 cm³/mol. The number of anilines is 1. The predicted octanol–water partition coefficient (Wildman–Crippen LogP) is 2.94. The van der Waals surface area contributed by atoms with Crippen molar-refractivity contribution in [3.05, 3.63) is 23.3 Å². The third-order valence-electron chi connectivity index (χ3n) is 4.56. The van der Waals surface area contributed by atoms with E-state index >= 15 is 0 Å². The summed E-state index contributed by atoms with van der Waals surface area (Å²) in [4.78, 5) is 0.180. The van der Waals surface area contributed by atoms with Gasteiger partial charge in [-0.1, -0.05) is 20.3 Å². The smallest absolute Gasteiger partial charge is 0.238 e. The van der Waals surface area contributed by atoms with Gasteiger partial charge in [0.25, 0.3) is 0 Å². The number of rotatable bonds is 3. The Bertz CT molecular complexity index is 621. The van der Waals surface area contributed by atoms with E-state index in [0.717, 1.165) is 23.2 Å². The fraction of sp³-hybridized carbons (Fsp3) is 0.600. The third-order valence-corrected chi connectivity index (χ3v) is 5.45. The maximum absolute atomic E-state index is 11.6. The summed E-state index contributed by atoms with van der Waals surface area (Å²) in [6, 6.07) is 3.66. The Morgan fingerprint density at radius 1 is 1.30 bits per heavy atom. The number of nitrogens with one attached hydrogen (secondary N) is 1. The van der Waals surface area contributed by atoms with Crippen LogP contribution in [0.15, 0.2) is 17.0 Å². The van der Waals surface area contributed by atoms with E-state index in [2.05, 4.69) is 19.2 Å². The van der Waals surface area contributed by atoms with Crippen molar-refractivity contribution in [3.8, 4) is 0 Å². The molecule has 0 spiro atoms. The fourth-order valence-corrected chi connectivity index (χ4v) is 3.55. The van der Waals surface area contributed by atoms with Crippen molar-refractivity contribution in [3.63, 3.8) is 0 Å². The highest BCUT2D eigenvalue weighted by Gasteiger charge is 2.34. The molecule has 5 heteroatoms. The maximum Gasteiger partial charge on any atom is 0.238 e. The Kier molecular flexibility index (Phi) is 3.86. The minimum absolute atomic E-state index is 0.180. The van der Waals surface area contributed by atoms with Gasteiger partial charge in [-0.25, -0.2) is 13.6 Å². The van der Waals surface area contributed by atoms with E-state index in [1.165, 1.54) is 12.8 Å². The molecule has 0 radical (unpaired) electrons. The summed E-state index contributed by atoms with van der Waals surface area (Å²) in [6.45, 7) is 8.42. The summed E-state index contributed by atoms with van der Waals surface area (Å²) < 4.78 is 23.1. The highest BCUT2D eigenvalue weighted by Crippen LogP contribution is 2.39. The highest BCUT2D eigenvalue weighted by molar-refractivity contribution is 7.89. The molecule has 112 valence electrons. The first-order chi connectivity index (χ1) is 9.11. The normalized spacial score (nSPS) is 21.9.